The number of nitrogens with zero attached hydrogens (tertiary/aromatic N) is 2. The Morgan fingerprint density at radius 2 is 2.21 bits per heavy atom. The van der Waals surface area contributed by atoms with Gasteiger partial charge in [0.15, 0.2) is 0 Å². The molecule has 1 aliphatic carbocycles. The van der Waals surface area contributed by atoms with Crippen LogP contribution in [0.25, 0.3) is 0 Å². The van der Waals surface area contributed by atoms with Gasteiger partial charge in [-0.25, -0.2) is 4.79 Å². The molecule has 0 unspecified atom stereocenters. The van der Waals surface area contributed by atoms with E-state index in [9.17, 15) is 14.4 Å². The molecule has 19 heavy (non-hydrogen) atoms. The summed E-state index contributed by atoms with van der Waals surface area (Å²) in [7, 11) is 1.75. The first-order chi connectivity index (χ1) is 8.90. The molecule has 1 aromatic heterocycles. The van der Waals surface area contributed by atoms with E-state index in [4.69, 9.17) is 0 Å². The average Bonchev–Trinajstić information content (AvgIpc) is 3.18. The van der Waals surface area contributed by atoms with Crippen molar-refractivity contribution in [1.82, 2.24) is 14.5 Å². The summed E-state index contributed by atoms with van der Waals surface area (Å²) in [6.45, 7) is 1.95. The fraction of sp³-hybridized carbons (Fsp3) is 0.583. The van der Waals surface area contributed by atoms with Crippen molar-refractivity contribution < 1.29 is 4.79 Å². The van der Waals surface area contributed by atoms with Crippen molar-refractivity contribution in [2.24, 2.45) is 5.92 Å². The molecule has 0 spiro atoms. The van der Waals surface area contributed by atoms with Crippen molar-refractivity contribution in [1.29, 1.82) is 0 Å². The van der Waals surface area contributed by atoms with Crippen LogP contribution in [0.15, 0.2) is 20.3 Å². The van der Waals surface area contributed by atoms with E-state index < -0.39 is 11.2 Å². The van der Waals surface area contributed by atoms with Crippen molar-refractivity contribution in [3.05, 3.63) is 31.5 Å². The second-order valence-corrected chi connectivity index (χ2v) is 5.80. The number of carbonyl (C=O) groups excluding carboxylic acids is 1. The van der Waals surface area contributed by atoms with Crippen molar-refractivity contribution in [2.45, 2.75) is 32.4 Å². The zero-order valence-electron chi connectivity index (χ0n) is 10.9. The number of aromatic amines is 1. The summed E-state index contributed by atoms with van der Waals surface area (Å²) in [6.07, 6.45) is 3.65. The Morgan fingerprint density at radius 1 is 1.58 bits per heavy atom. The predicted octanol–water partition coefficient (Wildman–Crippen LogP) is 0.556. The Bertz CT molecular complexity index is 603. The highest BCUT2D eigenvalue weighted by molar-refractivity contribution is 9.10. The molecule has 1 atom stereocenters. The number of H-pyrrole nitrogens is 1. The van der Waals surface area contributed by atoms with Gasteiger partial charge in [-0.3, -0.25) is 19.1 Å². The van der Waals surface area contributed by atoms with Gasteiger partial charge in [0, 0.05) is 19.3 Å². The third kappa shape index (κ3) is 3.15. The van der Waals surface area contributed by atoms with Crippen LogP contribution in [0.1, 0.15) is 19.8 Å². The molecular weight excluding hydrogens is 314 g/mol. The number of amides is 1. The lowest BCUT2D eigenvalue weighted by Gasteiger charge is -2.25. The van der Waals surface area contributed by atoms with Gasteiger partial charge in [0.1, 0.15) is 6.54 Å². The molecule has 1 N–H and O–H groups in total. The van der Waals surface area contributed by atoms with Crippen molar-refractivity contribution in [3.8, 4) is 0 Å². The third-order valence-corrected chi connectivity index (χ3v) is 4.15. The lowest BCUT2D eigenvalue weighted by atomic mass is 10.2. The fourth-order valence-corrected chi connectivity index (χ4v) is 2.33. The second kappa shape index (κ2) is 5.32. The van der Waals surface area contributed by atoms with E-state index in [1.54, 1.807) is 11.9 Å². The second-order valence-electron chi connectivity index (χ2n) is 4.95. The van der Waals surface area contributed by atoms with Crippen molar-refractivity contribution in [3.63, 3.8) is 0 Å². The van der Waals surface area contributed by atoms with E-state index in [1.807, 2.05) is 6.92 Å². The molecule has 1 heterocycles. The maximum Gasteiger partial charge on any atom is 0.328 e. The molecule has 1 aromatic rings. The summed E-state index contributed by atoms with van der Waals surface area (Å²) in [5.41, 5.74) is -1.07. The standard InChI is InChI=1S/C12H16BrN3O3/c1-7(8-3-4-8)15(2)10(17)6-16-5-9(13)11(18)14-12(16)19/h5,7-8H,3-4,6H2,1-2H3,(H,14,18,19)/t7-/m0/s1. The smallest absolute Gasteiger partial charge is 0.328 e. The van der Waals surface area contributed by atoms with E-state index in [0.29, 0.717) is 5.92 Å². The van der Waals surface area contributed by atoms with E-state index in [1.165, 1.54) is 10.8 Å². The van der Waals surface area contributed by atoms with Gasteiger partial charge in [0.2, 0.25) is 5.91 Å². The van der Waals surface area contributed by atoms with E-state index in [0.717, 1.165) is 12.8 Å². The first-order valence-electron chi connectivity index (χ1n) is 6.15. The summed E-state index contributed by atoms with van der Waals surface area (Å²) >= 11 is 3.04. The van der Waals surface area contributed by atoms with Crippen LogP contribution in [0.4, 0.5) is 0 Å². The maximum absolute atomic E-state index is 12.1. The highest BCUT2D eigenvalue weighted by Crippen LogP contribution is 2.34. The molecule has 0 aliphatic heterocycles. The minimum atomic E-state index is -0.575. The topological polar surface area (TPSA) is 75.2 Å². The zero-order valence-corrected chi connectivity index (χ0v) is 12.4. The van der Waals surface area contributed by atoms with Crippen LogP contribution >= 0.6 is 15.9 Å². The molecule has 2 rings (SSSR count). The highest BCUT2D eigenvalue weighted by atomic mass is 79.9. The molecule has 1 saturated carbocycles. The van der Waals surface area contributed by atoms with Gasteiger partial charge < -0.3 is 4.90 Å². The van der Waals surface area contributed by atoms with Crippen LogP contribution in [0, 0.1) is 5.92 Å². The van der Waals surface area contributed by atoms with Gasteiger partial charge in [-0.2, -0.15) is 0 Å². The largest absolute Gasteiger partial charge is 0.341 e. The third-order valence-electron chi connectivity index (χ3n) is 3.58. The highest BCUT2D eigenvalue weighted by Gasteiger charge is 2.32. The van der Waals surface area contributed by atoms with Crippen LogP contribution in [0.5, 0.6) is 0 Å². The maximum atomic E-state index is 12.1. The molecule has 0 radical (unpaired) electrons. The quantitative estimate of drug-likeness (QED) is 0.876. The Kier molecular flexibility index (Phi) is 3.93. The molecular formula is C12H16BrN3O3. The van der Waals surface area contributed by atoms with Crippen LogP contribution < -0.4 is 11.2 Å². The Labute approximate surface area is 118 Å². The number of halogens is 1. The molecule has 0 saturated heterocycles. The van der Waals surface area contributed by atoms with Crippen LogP contribution in [0.3, 0.4) is 0 Å². The Hall–Kier alpha value is -1.37. The molecule has 1 aliphatic rings. The van der Waals surface area contributed by atoms with Gasteiger partial charge in [0.25, 0.3) is 5.56 Å². The van der Waals surface area contributed by atoms with Gasteiger partial charge in [-0.05, 0) is 41.6 Å². The SMILES string of the molecule is C[C@@H](C1CC1)N(C)C(=O)Cn1cc(Br)c(=O)[nH]c1=O. The molecule has 1 amide bonds. The predicted molar refractivity (Wildman–Crippen MR) is 74.0 cm³/mol. The van der Waals surface area contributed by atoms with Crippen LogP contribution in [-0.2, 0) is 11.3 Å². The average molecular weight is 330 g/mol. The van der Waals surface area contributed by atoms with Gasteiger partial charge >= 0.3 is 5.69 Å². The minimum Gasteiger partial charge on any atom is -0.341 e. The van der Waals surface area contributed by atoms with Crippen LogP contribution in [-0.4, -0.2) is 33.4 Å². The Balaban J connectivity index is 2.12. The number of carbonyl (C=O) groups is 1. The minimum absolute atomic E-state index is 0.0677. The van der Waals surface area contributed by atoms with Gasteiger partial charge in [-0.1, -0.05) is 0 Å². The van der Waals surface area contributed by atoms with Crippen molar-refractivity contribution in [2.75, 3.05) is 7.05 Å². The lowest BCUT2D eigenvalue weighted by molar-refractivity contribution is -0.132. The number of aromatic nitrogens is 2. The molecule has 104 valence electrons. The Morgan fingerprint density at radius 3 is 2.79 bits per heavy atom. The first kappa shape index (κ1) is 14.0. The fourth-order valence-electron chi connectivity index (χ4n) is 1.98. The normalized spacial score (nSPS) is 16.2. The van der Waals surface area contributed by atoms with Gasteiger partial charge in [0.05, 0.1) is 4.47 Å². The zero-order chi connectivity index (χ0) is 14.2. The molecule has 0 bridgehead atoms. The van der Waals surface area contributed by atoms with E-state index >= 15 is 0 Å². The monoisotopic (exact) mass is 329 g/mol. The molecule has 7 heteroatoms. The number of hydrogen-bond acceptors (Lipinski definition) is 3. The van der Waals surface area contributed by atoms with Crippen LogP contribution in [0.2, 0.25) is 0 Å². The number of likely N-dealkylation sites (N-methyl/N-ethyl adjacent to an activating group) is 1. The first-order valence-corrected chi connectivity index (χ1v) is 6.94. The molecule has 0 aromatic carbocycles. The summed E-state index contributed by atoms with van der Waals surface area (Å²) in [4.78, 5) is 38.7. The molecule has 6 nitrogen and oxygen atoms in total. The van der Waals surface area contributed by atoms with E-state index in [-0.39, 0.29) is 23.0 Å². The number of rotatable bonds is 4. The van der Waals surface area contributed by atoms with E-state index in [2.05, 4.69) is 20.9 Å². The van der Waals surface area contributed by atoms with Gasteiger partial charge in [-0.15, -0.1) is 0 Å². The summed E-state index contributed by atoms with van der Waals surface area (Å²) in [5, 5.41) is 0. The van der Waals surface area contributed by atoms with Crippen molar-refractivity contribution >= 4 is 21.8 Å². The lowest BCUT2D eigenvalue weighted by Crippen LogP contribution is -2.41. The number of nitrogens with one attached hydrogen (secondary N) is 1. The molecule has 1 fully saturated rings. The summed E-state index contributed by atoms with van der Waals surface area (Å²) in [6, 6.07) is 0.189. The summed E-state index contributed by atoms with van der Waals surface area (Å²) in [5.74, 6) is 0.438. The number of hydrogen-bond donors (Lipinski definition) is 1. The summed E-state index contributed by atoms with van der Waals surface area (Å²) < 4.78 is 1.43.